The van der Waals surface area contributed by atoms with Gasteiger partial charge in [-0.25, -0.2) is 0 Å². The normalized spacial score (nSPS) is 20.2. The van der Waals surface area contributed by atoms with Gasteiger partial charge in [-0.15, -0.1) is 0 Å². The third-order valence-electron chi connectivity index (χ3n) is 7.82. The van der Waals surface area contributed by atoms with Crippen LogP contribution in [0.4, 0.5) is 0 Å². The minimum Gasteiger partial charge on any atom is -0.0879 e. The number of alkyl halides is 3. The molecule has 0 fully saturated rings. The number of benzene rings is 4. The number of hydrogen-bond donors (Lipinski definition) is 0. The van der Waals surface area contributed by atoms with Gasteiger partial charge >= 0.3 is 0 Å². The highest BCUT2D eigenvalue weighted by atomic mass is 79.9. The van der Waals surface area contributed by atoms with E-state index in [0.717, 1.165) is 5.33 Å². The first-order chi connectivity index (χ1) is 16.1. The fourth-order valence-electron chi connectivity index (χ4n) is 6.56. The Kier molecular flexibility index (Phi) is 4.36. The molecule has 0 aromatic heterocycles. The van der Waals surface area contributed by atoms with Gasteiger partial charge in [0, 0.05) is 5.33 Å². The average molecular weight is 619 g/mol. The zero-order valence-corrected chi connectivity index (χ0v) is 22.4. The number of halogens is 3. The van der Waals surface area contributed by atoms with Crippen molar-refractivity contribution in [1.82, 2.24) is 0 Å². The van der Waals surface area contributed by atoms with Crippen molar-refractivity contribution < 1.29 is 0 Å². The standard InChI is InChI=1S/C30H19Br3/c31-17-26-27(30(33)24-15-7-3-11-20(24)21-12-4-8-16-25(21)30)28(32)29(26)22-13-5-1-9-18(22)19-10-2-6-14-23(19)29/h1-16,28H,17H2. The van der Waals surface area contributed by atoms with Crippen molar-refractivity contribution in [3.05, 3.63) is 130 Å². The van der Waals surface area contributed by atoms with Crippen LogP contribution >= 0.6 is 47.8 Å². The highest BCUT2D eigenvalue weighted by molar-refractivity contribution is 9.10. The Labute approximate surface area is 219 Å². The lowest BCUT2D eigenvalue weighted by Crippen LogP contribution is -2.53. The Hall–Kier alpha value is -1.94. The van der Waals surface area contributed by atoms with Gasteiger partial charge in [-0.3, -0.25) is 0 Å². The Morgan fingerprint density at radius 1 is 0.576 bits per heavy atom. The summed E-state index contributed by atoms with van der Waals surface area (Å²) in [6.45, 7) is 0. The van der Waals surface area contributed by atoms with Crippen molar-refractivity contribution in [2.45, 2.75) is 14.6 Å². The molecule has 1 spiro atoms. The molecule has 0 N–H and O–H groups in total. The fraction of sp³-hybridized carbons (Fsp3) is 0.133. The monoisotopic (exact) mass is 616 g/mol. The molecule has 3 heteroatoms. The lowest BCUT2D eigenvalue weighted by molar-refractivity contribution is 0.523. The predicted octanol–water partition coefficient (Wildman–Crippen LogP) is 8.74. The van der Waals surface area contributed by atoms with E-state index in [4.69, 9.17) is 0 Å². The lowest BCUT2D eigenvalue weighted by atomic mass is 9.56. The maximum absolute atomic E-state index is 4.34. The molecule has 0 amide bonds. The molecule has 33 heavy (non-hydrogen) atoms. The maximum Gasteiger partial charge on any atom is 0.0991 e. The lowest BCUT2D eigenvalue weighted by Gasteiger charge is -2.54. The van der Waals surface area contributed by atoms with Crippen molar-refractivity contribution >= 4 is 47.8 Å². The summed E-state index contributed by atoms with van der Waals surface area (Å²) in [4.78, 5) is 0.168. The molecule has 0 aliphatic heterocycles. The second-order valence-electron chi connectivity index (χ2n) is 9.04. The van der Waals surface area contributed by atoms with Crippen LogP contribution in [0.3, 0.4) is 0 Å². The molecule has 3 aliphatic carbocycles. The summed E-state index contributed by atoms with van der Waals surface area (Å²) in [6.07, 6.45) is 0. The SMILES string of the molecule is BrCC1=C(C2(Br)c3ccccc3-c3ccccc32)C(Br)C12c1ccccc1-c1ccccc12. The van der Waals surface area contributed by atoms with Gasteiger partial charge in [0.05, 0.1) is 14.6 Å². The zero-order valence-electron chi connectivity index (χ0n) is 17.7. The van der Waals surface area contributed by atoms with E-state index in [1.165, 1.54) is 55.7 Å². The van der Waals surface area contributed by atoms with E-state index in [2.05, 4.69) is 145 Å². The third kappa shape index (κ3) is 2.27. The van der Waals surface area contributed by atoms with E-state index in [1.807, 2.05) is 0 Å². The highest BCUT2D eigenvalue weighted by Gasteiger charge is 2.64. The van der Waals surface area contributed by atoms with Gasteiger partial charge in [0.1, 0.15) is 0 Å². The van der Waals surface area contributed by atoms with Crippen LogP contribution in [-0.2, 0) is 9.74 Å². The van der Waals surface area contributed by atoms with Crippen molar-refractivity contribution in [2.24, 2.45) is 0 Å². The molecule has 1 atom stereocenters. The minimum absolute atomic E-state index is 0.167. The van der Waals surface area contributed by atoms with E-state index in [0.29, 0.717) is 0 Å². The molecule has 160 valence electrons. The van der Waals surface area contributed by atoms with Crippen molar-refractivity contribution in [3.63, 3.8) is 0 Å². The van der Waals surface area contributed by atoms with Gasteiger partial charge in [0.15, 0.2) is 0 Å². The van der Waals surface area contributed by atoms with Crippen LogP contribution in [0.5, 0.6) is 0 Å². The molecule has 0 saturated carbocycles. The van der Waals surface area contributed by atoms with Crippen LogP contribution in [-0.4, -0.2) is 10.2 Å². The predicted molar refractivity (Wildman–Crippen MR) is 148 cm³/mol. The summed E-state index contributed by atoms with van der Waals surface area (Å²) in [5.74, 6) is 0. The minimum atomic E-state index is -0.352. The summed E-state index contributed by atoms with van der Waals surface area (Å²) in [5, 5.41) is 0.824. The van der Waals surface area contributed by atoms with Crippen molar-refractivity contribution in [3.8, 4) is 22.3 Å². The van der Waals surface area contributed by atoms with Gasteiger partial charge in [-0.1, -0.05) is 145 Å². The van der Waals surface area contributed by atoms with Gasteiger partial charge < -0.3 is 0 Å². The van der Waals surface area contributed by atoms with Gasteiger partial charge in [0.2, 0.25) is 0 Å². The van der Waals surface area contributed by atoms with Crippen LogP contribution in [0.15, 0.2) is 108 Å². The summed E-state index contributed by atoms with van der Waals surface area (Å²) < 4.78 is -0.352. The van der Waals surface area contributed by atoms with E-state index in [9.17, 15) is 0 Å². The molecule has 4 aromatic carbocycles. The van der Waals surface area contributed by atoms with Crippen LogP contribution in [0.25, 0.3) is 22.3 Å². The molecule has 0 saturated heterocycles. The van der Waals surface area contributed by atoms with Gasteiger partial charge in [0.25, 0.3) is 0 Å². The first-order valence-corrected chi connectivity index (χ1v) is 14.0. The largest absolute Gasteiger partial charge is 0.0991 e. The van der Waals surface area contributed by atoms with E-state index in [-0.39, 0.29) is 14.6 Å². The number of allylic oxidation sites excluding steroid dienone is 2. The number of rotatable bonds is 2. The van der Waals surface area contributed by atoms with E-state index < -0.39 is 0 Å². The van der Waals surface area contributed by atoms with E-state index in [1.54, 1.807) is 0 Å². The summed E-state index contributed by atoms with van der Waals surface area (Å²) in [7, 11) is 0. The smallest absolute Gasteiger partial charge is 0.0879 e. The molecule has 4 aromatic rings. The maximum atomic E-state index is 4.34. The molecular weight excluding hydrogens is 600 g/mol. The summed E-state index contributed by atoms with van der Waals surface area (Å²) >= 11 is 12.6. The second-order valence-corrected chi connectivity index (χ2v) is 11.7. The highest BCUT2D eigenvalue weighted by Crippen LogP contribution is 2.70. The molecule has 0 radical (unpaired) electrons. The zero-order chi connectivity index (χ0) is 22.4. The van der Waals surface area contributed by atoms with Crippen LogP contribution in [0, 0.1) is 0 Å². The average Bonchev–Trinajstić information content (AvgIpc) is 3.32. The second kappa shape index (κ2) is 7.04. The topological polar surface area (TPSA) is 0 Å². The first kappa shape index (κ1) is 20.4. The van der Waals surface area contributed by atoms with Crippen LogP contribution in [0.1, 0.15) is 22.3 Å². The summed E-state index contributed by atoms with van der Waals surface area (Å²) in [5.41, 5.74) is 13.5. The Morgan fingerprint density at radius 3 is 1.36 bits per heavy atom. The fourth-order valence-corrected chi connectivity index (χ4v) is 10.2. The molecule has 0 heterocycles. The quantitative estimate of drug-likeness (QED) is 0.156. The van der Waals surface area contributed by atoms with Gasteiger partial charge in [-0.05, 0) is 55.7 Å². The van der Waals surface area contributed by atoms with Crippen molar-refractivity contribution in [2.75, 3.05) is 5.33 Å². The molecule has 1 unspecified atom stereocenters. The molecule has 0 bridgehead atoms. The van der Waals surface area contributed by atoms with E-state index >= 15 is 0 Å². The van der Waals surface area contributed by atoms with Crippen LogP contribution in [0.2, 0.25) is 0 Å². The molecular formula is C30H19Br3. The van der Waals surface area contributed by atoms with Gasteiger partial charge in [-0.2, -0.15) is 0 Å². The summed E-state index contributed by atoms with van der Waals surface area (Å²) in [6, 6.07) is 35.5. The Bertz CT molecular complexity index is 1400. The molecule has 0 nitrogen and oxygen atoms in total. The molecule has 3 aliphatic rings. The Morgan fingerprint density at radius 2 is 0.939 bits per heavy atom. The van der Waals surface area contributed by atoms with Crippen LogP contribution < -0.4 is 0 Å². The number of hydrogen-bond acceptors (Lipinski definition) is 0. The third-order valence-corrected chi connectivity index (χ3v) is 10.8. The number of fused-ring (bicyclic) bond motifs is 8. The molecule has 7 rings (SSSR count). The Balaban J connectivity index is 1.57. The van der Waals surface area contributed by atoms with Crippen molar-refractivity contribution in [1.29, 1.82) is 0 Å². The first-order valence-electron chi connectivity index (χ1n) is 11.2.